The van der Waals surface area contributed by atoms with E-state index in [-0.39, 0.29) is 6.61 Å². The first-order valence-electron chi connectivity index (χ1n) is 8.75. The number of aliphatic hydroxyl groups is 4. The monoisotopic (exact) mass is 445 g/mol. The SMILES string of the molecule is C=CCO[C@H]1O[C@@H](C)[C@@H](O)[C@@H](O[C@@H]2O[C@H](CO)[C@@H](O)[C@H](OS(=O)(=O)O)[C@H]2N)[C@@H]1O. The minimum atomic E-state index is -5.01. The Bertz CT molecular complexity index is 647. The summed E-state index contributed by atoms with van der Waals surface area (Å²) in [5.41, 5.74) is 5.86. The van der Waals surface area contributed by atoms with E-state index in [2.05, 4.69) is 10.8 Å². The molecule has 2 saturated heterocycles. The van der Waals surface area contributed by atoms with E-state index in [0.29, 0.717) is 0 Å². The highest BCUT2D eigenvalue weighted by Crippen LogP contribution is 2.30. The molecule has 170 valence electrons. The minimum absolute atomic E-state index is 0.0414. The Morgan fingerprint density at radius 1 is 1.10 bits per heavy atom. The lowest BCUT2D eigenvalue weighted by atomic mass is 9.96. The van der Waals surface area contributed by atoms with Crippen molar-refractivity contribution >= 4 is 10.4 Å². The molecular weight excluding hydrogens is 418 g/mol. The predicted octanol–water partition coefficient (Wildman–Crippen LogP) is -3.37. The number of aliphatic hydroxyl groups excluding tert-OH is 4. The summed E-state index contributed by atoms with van der Waals surface area (Å²) in [6.07, 6.45) is -11.2. The lowest BCUT2D eigenvalue weighted by Crippen LogP contribution is -2.66. The molecule has 0 aromatic heterocycles. The smallest absolute Gasteiger partial charge is 0.394 e. The average Bonchev–Trinajstić information content (AvgIpc) is 2.65. The highest BCUT2D eigenvalue weighted by Gasteiger charge is 2.51. The lowest BCUT2D eigenvalue weighted by molar-refractivity contribution is -0.340. The first-order chi connectivity index (χ1) is 13.5. The van der Waals surface area contributed by atoms with Gasteiger partial charge in [0.1, 0.15) is 36.6 Å². The van der Waals surface area contributed by atoms with Crippen molar-refractivity contribution in [1.82, 2.24) is 0 Å². The van der Waals surface area contributed by atoms with E-state index in [4.69, 9.17) is 29.2 Å². The van der Waals surface area contributed by atoms with E-state index in [0.717, 1.165) is 0 Å². The van der Waals surface area contributed by atoms with Crippen molar-refractivity contribution in [2.45, 2.75) is 68.3 Å². The van der Waals surface area contributed by atoms with Crippen molar-refractivity contribution in [2.24, 2.45) is 5.73 Å². The van der Waals surface area contributed by atoms with Crippen LogP contribution in [0.1, 0.15) is 6.92 Å². The summed E-state index contributed by atoms with van der Waals surface area (Å²) in [5.74, 6) is 0. The number of ether oxygens (including phenoxy) is 4. The van der Waals surface area contributed by atoms with Crippen LogP contribution in [0.2, 0.25) is 0 Å². The second-order valence-corrected chi connectivity index (χ2v) is 7.74. The molecule has 13 nitrogen and oxygen atoms in total. The largest absolute Gasteiger partial charge is 0.397 e. The molecule has 0 spiro atoms. The van der Waals surface area contributed by atoms with E-state index >= 15 is 0 Å². The molecule has 0 aromatic carbocycles. The second-order valence-electron chi connectivity index (χ2n) is 6.70. The molecule has 2 rings (SSSR count). The van der Waals surface area contributed by atoms with Gasteiger partial charge in [-0.3, -0.25) is 4.55 Å². The predicted molar refractivity (Wildman–Crippen MR) is 93.5 cm³/mol. The van der Waals surface area contributed by atoms with Gasteiger partial charge in [-0.2, -0.15) is 8.42 Å². The van der Waals surface area contributed by atoms with Crippen LogP contribution >= 0.6 is 0 Å². The molecule has 2 aliphatic rings. The van der Waals surface area contributed by atoms with Crippen LogP contribution in [0, 0.1) is 0 Å². The zero-order valence-corrected chi connectivity index (χ0v) is 16.4. The Hall–Kier alpha value is -0.750. The second kappa shape index (κ2) is 10.0. The third-order valence-corrected chi connectivity index (χ3v) is 5.05. The van der Waals surface area contributed by atoms with Crippen molar-refractivity contribution in [1.29, 1.82) is 0 Å². The summed E-state index contributed by atoms with van der Waals surface area (Å²) in [4.78, 5) is 0. The van der Waals surface area contributed by atoms with Crippen molar-refractivity contribution in [3.05, 3.63) is 12.7 Å². The van der Waals surface area contributed by atoms with Crippen LogP contribution in [-0.2, 0) is 33.5 Å². The highest BCUT2D eigenvalue weighted by atomic mass is 32.3. The van der Waals surface area contributed by atoms with Crippen LogP contribution in [0.4, 0.5) is 0 Å². The molecule has 0 radical (unpaired) electrons. The fourth-order valence-corrected chi connectivity index (χ4v) is 3.61. The van der Waals surface area contributed by atoms with Crippen molar-refractivity contribution in [3.63, 3.8) is 0 Å². The Labute approximate surface area is 167 Å². The number of hydrogen-bond donors (Lipinski definition) is 6. The van der Waals surface area contributed by atoms with Gasteiger partial charge in [0.15, 0.2) is 12.6 Å². The molecule has 0 aliphatic carbocycles. The first-order valence-corrected chi connectivity index (χ1v) is 10.1. The zero-order valence-electron chi connectivity index (χ0n) is 15.6. The van der Waals surface area contributed by atoms with E-state index < -0.39 is 78.4 Å². The van der Waals surface area contributed by atoms with Gasteiger partial charge in [-0.15, -0.1) is 6.58 Å². The Morgan fingerprint density at radius 3 is 2.31 bits per heavy atom. The number of rotatable bonds is 8. The maximum atomic E-state index is 11.1. The summed E-state index contributed by atoms with van der Waals surface area (Å²) in [7, 11) is -5.01. The van der Waals surface area contributed by atoms with E-state index in [1.54, 1.807) is 0 Å². The van der Waals surface area contributed by atoms with Crippen LogP contribution in [-0.4, -0.2) is 108 Å². The molecule has 2 heterocycles. The number of nitrogens with two attached hydrogens (primary N) is 1. The van der Waals surface area contributed by atoms with Crippen LogP contribution in [0.5, 0.6) is 0 Å². The van der Waals surface area contributed by atoms with E-state index in [9.17, 15) is 28.8 Å². The standard InChI is InChI=1S/C15H27NO12S/c1-3-4-24-15-11(20)13(9(18)6(2)25-15)27-14-8(16)12(28-29(21,22)23)10(19)7(5-17)26-14/h3,6-15,17-20H,1,4-5,16H2,2H3,(H,21,22,23)/t6-,7+,8+,9+,10+,11-,12+,13+,14-,15-/m0/s1. The Morgan fingerprint density at radius 2 is 1.76 bits per heavy atom. The molecule has 10 atom stereocenters. The van der Waals surface area contributed by atoms with Gasteiger partial charge in [-0.1, -0.05) is 6.08 Å². The quantitative estimate of drug-likeness (QED) is 0.159. The van der Waals surface area contributed by atoms with Crippen LogP contribution in [0.15, 0.2) is 12.7 Å². The Balaban J connectivity index is 2.21. The maximum absolute atomic E-state index is 11.1. The molecule has 14 heteroatoms. The molecule has 0 amide bonds. The van der Waals surface area contributed by atoms with Crippen LogP contribution in [0.3, 0.4) is 0 Å². The average molecular weight is 445 g/mol. The molecule has 0 aromatic rings. The van der Waals surface area contributed by atoms with Gasteiger partial charge in [0, 0.05) is 0 Å². The fraction of sp³-hybridized carbons (Fsp3) is 0.867. The van der Waals surface area contributed by atoms with Crippen molar-refractivity contribution < 1.29 is 56.5 Å². The first kappa shape index (κ1) is 24.5. The highest BCUT2D eigenvalue weighted by molar-refractivity contribution is 7.80. The van der Waals surface area contributed by atoms with Crippen molar-refractivity contribution in [2.75, 3.05) is 13.2 Å². The zero-order chi connectivity index (χ0) is 21.9. The molecule has 0 saturated carbocycles. The summed E-state index contributed by atoms with van der Waals surface area (Å²) in [6.45, 7) is 4.26. The van der Waals surface area contributed by atoms with Gasteiger partial charge < -0.3 is 45.1 Å². The van der Waals surface area contributed by atoms with E-state index in [1.165, 1.54) is 13.0 Å². The summed E-state index contributed by atoms with van der Waals surface area (Å²) in [5, 5.41) is 40.3. The molecule has 0 unspecified atom stereocenters. The van der Waals surface area contributed by atoms with E-state index in [1.807, 2.05) is 0 Å². The molecular formula is C15H27NO12S. The van der Waals surface area contributed by atoms with Crippen molar-refractivity contribution in [3.8, 4) is 0 Å². The third-order valence-electron chi connectivity index (χ3n) is 4.58. The summed E-state index contributed by atoms with van der Waals surface area (Å²) in [6, 6.07) is -1.49. The maximum Gasteiger partial charge on any atom is 0.397 e. The molecule has 2 aliphatic heterocycles. The molecule has 7 N–H and O–H groups in total. The summed E-state index contributed by atoms with van der Waals surface area (Å²) < 4.78 is 57.0. The fourth-order valence-electron chi connectivity index (χ4n) is 3.09. The summed E-state index contributed by atoms with van der Waals surface area (Å²) >= 11 is 0. The molecule has 29 heavy (non-hydrogen) atoms. The third kappa shape index (κ3) is 5.90. The van der Waals surface area contributed by atoms with Crippen LogP contribution < -0.4 is 5.73 Å². The molecule has 2 fully saturated rings. The van der Waals surface area contributed by atoms with Gasteiger partial charge in [-0.05, 0) is 6.92 Å². The van der Waals surface area contributed by atoms with Gasteiger partial charge in [-0.25, -0.2) is 4.18 Å². The van der Waals surface area contributed by atoms with Gasteiger partial charge >= 0.3 is 10.4 Å². The number of hydrogen-bond acceptors (Lipinski definition) is 12. The Kier molecular flexibility index (Phi) is 8.49. The van der Waals surface area contributed by atoms with Crippen LogP contribution in [0.25, 0.3) is 0 Å². The molecule has 0 bridgehead atoms. The topological polar surface area (TPSA) is 207 Å². The minimum Gasteiger partial charge on any atom is -0.394 e. The van der Waals surface area contributed by atoms with Gasteiger partial charge in [0.2, 0.25) is 0 Å². The lowest BCUT2D eigenvalue weighted by Gasteiger charge is -2.46. The van der Waals surface area contributed by atoms with Gasteiger partial charge in [0.25, 0.3) is 0 Å². The normalized spacial score (nSPS) is 43.8. The van der Waals surface area contributed by atoms with Gasteiger partial charge in [0.05, 0.1) is 25.4 Å².